The minimum Gasteiger partial charge on any atom is -0.444 e. The van der Waals surface area contributed by atoms with Crippen LogP contribution in [0.1, 0.15) is 98.0 Å². The number of anilines is 2. The van der Waals surface area contributed by atoms with Crippen molar-refractivity contribution >= 4 is 40.3 Å². The van der Waals surface area contributed by atoms with Crippen LogP contribution >= 0.6 is 0 Å². The third kappa shape index (κ3) is 8.44. The Balaban J connectivity index is 0.831. The molecule has 2 saturated carbocycles. The highest BCUT2D eigenvalue weighted by atomic mass is 19.3. The second-order valence-corrected chi connectivity index (χ2v) is 16.0. The molecule has 306 valence electrons. The third-order valence-corrected chi connectivity index (χ3v) is 11.7. The number of fused-ring (bicyclic) bond motifs is 1. The normalized spacial score (nSPS) is 19.9. The second kappa shape index (κ2) is 16.6. The number of carbonyl (C=O) groups excluding carboxylic acids is 3. The Morgan fingerprint density at radius 3 is 2.62 bits per heavy atom. The molecule has 0 bridgehead atoms. The number of oxazole rings is 1. The van der Waals surface area contributed by atoms with Crippen molar-refractivity contribution in [2.24, 2.45) is 18.9 Å². The Hall–Kier alpha value is -5.71. The number of rotatable bonds is 15. The predicted molar refractivity (Wildman–Crippen MR) is 211 cm³/mol. The summed E-state index contributed by atoms with van der Waals surface area (Å²) >= 11 is 0. The summed E-state index contributed by atoms with van der Waals surface area (Å²) in [6.07, 6.45) is 9.31. The van der Waals surface area contributed by atoms with Crippen molar-refractivity contribution in [1.29, 1.82) is 0 Å². The van der Waals surface area contributed by atoms with Gasteiger partial charge in [0, 0.05) is 44.5 Å². The number of carbonyl (C=O) groups is 3. The molecule has 1 atom stereocenters. The molecular weight excluding hydrogens is 751 g/mol. The zero-order chi connectivity index (χ0) is 40.5. The fourth-order valence-electron chi connectivity index (χ4n) is 8.39. The fraction of sp³-hybridized carbons (Fsp3) is 0.488. The average molecular weight is 799 g/mol. The van der Waals surface area contributed by atoms with Crippen LogP contribution in [0.3, 0.4) is 0 Å². The van der Waals surface area contributed by atoms with Crippen molar-refractivity contribution in [3.63, 3.8) is 0 Å². The number of aromatic nitrogens is 6. The topological polar surface area (TPSA) is 174 Å². The summed E-state index contributed by atoms with van der Waals surface area (Å²) in [6, 6.07) is 8.50. The minimum absolute atomic E-state index is 0.0385. The van der Waals surface area contributed by atoms with Gasteiger partial charge in [-0.15, -0.1) is 0 Å². The second-order valence-electron chi connectivity index (χ2n) is 16.0. The predicted octanol–water partition coefficient (Wildman–Crippen LogP) is 5.87. The van der Waals surface area contributed by atoms with E-state index in [1.807, 2.05) is 18.2 Å². The van der Waals surface area contributed by atoms with Crippen molar-refractivity contribution in [1.82, 2.24) is 39.1 Å². The van der Waals surface area contributed by atoms with E-state index in [1.165, 1.54) is 29.9 Å². The molecule has 1 unspecified atom stereocenters. The van der Waals surface area contributed by atoms with Crippen LogP contribution in [0.25, 0.3) is 22.5 Å². The summed E-state index contributed by atoms with van der Waals surface area (Å²) in [7, 11) is 3.81. The van der Waals surface area contributed by atoms with Gasteiger partial charge in [-0.1, -0.05) is 12.1 Å². The van der Waals surface area contributed by atoms with Gasteiger partial charge in [0.2, 0.25) is 17.7 Å². The number of imidazole rings is 1. The number of imide groups is 1. The lowest BCUT2D eigenvalue weighted by Gasteiger charge is -2.31. The number of hydrogen-bond donors (Lipinski definition) is 3. The molecule has 3 amide bonds. The SMILES string of the molecule is CN(CCCc1cccc2c1n(C)c(=O)n2C1CCC(=O)NC1=O)C[C@H]1CC[C@H](n2cc(NC(=O)c3coc(-c4ccnc(NCC5CC5)c4)n3)c(C(F)F)n2)CC1. The van der Waals surface area contributed by atoms with Gasteiger partial charge < -0.3 is 20.0 Å². The summed E-state index contributed by atoms with van der Waals surface area (Å²) in [4.78, 5) is 61.7. The molecule has 1 aliphatic heterocycles. The molecule has 1 aromatic carbocycles. The smallest absolute Gasteiger partial charge is 0.329 e. The number of alkyl halides is 2. The molecule has 0 radical (unpaired) electrons. The number of halogens is 2. The van der Waals surface area contributed by atoms with Gasteiger partial charge in [0.15, 0.2) is 11.4 Å². The van der Waals surface area contributed by atoms with Gasteiger partial charge in [0.1, 0.15) is 18.1 Å². The molecular formula is C41H48F2N10O5. The number of hydrogen-bond acceptors (Lipinski definition) is 10. The molecule has 3 fully saturated rings. The van der Waals surface area contributed by atoms with Gasteiger partial charge in [-0.3, -0.25) is 33.5 Å². The number of amides is 3. The number of pyridine rings is 1. The highest BCUT2D eigenvalue weighted by Gasteiger charge is 2.32. The van der Waals surface area contributed by atoms with E-state index < -0.39 is 30.0 Å². The quantitative estimate of drug-likeness (QED) is 0.109. The van der Waals surface area contributed by atoms with Crippen LogP contribution in [0, 0.1) is 11.8 Å². The van der Waals surface area contributed by atoms with E-state index in [9.17, 15) is 28.0 Å². The van der Waals surface area contributed by atoms with Crippen LogP contribution in [0.5, 0.6) is 0 Å². The molecule has 1 saturated heterocycles. The van der Waals surface area contributed by atoms with E-state index in [-0.39, 0.29) is 47.8 Å². The molecule has 2 aliphatic carbocycles. The molecule has 0 spiro atoms. The molecule has 3 N–H and O–H groups in total. The standard InChI is InChI=1S/C41H48F2N10O5/c1-50(18-4-6-26-5-3-7-31-36(26)51(2)41(57)53(31)32-14-15-34(54)48-39(32)56)21-25-10-12-28(13-11-25)52-22-29(35(49-52)37(42)43)46-38(55)30-23-58-40(47-30)27-16-17-44-33(19-27)45-20-24-8-9-24/h3,5,7,16-17,19,22-25,28,32,37H,4,6,8-15,18,20-21H2,1-2H3,(H,44,45)(H,46,55)(H,48,54,56)/t25-,28-,32?. The monoisotopic (exact) mass is 798 g/mol. The summed E-state index contributed by atoms with van der Waals surface area (Å²) in [6.45, 7) is 2.57. The number of nitrogens with zero attached hydrogens (tertiary/aromatic N) is 7. The Morgan fingerprint density at radius 1 is 1.07 bits per heavy atom. The van der Waals surface area contributed by atoms with Gasteiger partial charge in [0.05, 0.1) is 22.8 Å². The maximum Gasteiger partial charge on any atom is 0.329 e. The van der Waals surface area contributed by atoms with Crippen molar-refractivity contribution in [3.05, 3.63) is 76.4 Å². The first-order chi connectivity index (χ1) is 28.0. The highest BCUT2D eigenvalue weighted by molar-refractivity contribution is 6.03. The van der Waals surface area contributed by atoms with Crippen LogP contribution in [-0.4, -0.2) is 78.2 Å². The number of nitrogens with one attached hydrogen (secondary N) is 3. The third-order valence-electron chi connectivity index (χ3n) is 11.7. The first kappa shape index (κ1) is 39.1. The Labute approximate surface area is 333 Å². The van der Waals surface area contributed by atoms with E-state index >= 15 is 0 Å². The summed E-state index contributed by atoms with van der Waals surface area (Å²) in [5.41, 5.74) is 2.30. The molecule has 58 heavy (non-hydrogen) atoms. The minimum atomic E-state index is -2.88. The van der Waals surface area contributed by atoms with Crippen molar-refractivity contribution < 1.29 is 27.6 Å². The first-order valence-corrected chi connectivity index (χ1v) is 20.1. The van der Waals surface area contributed by atoms with Crippen LogP contribution < -0.4 is 21.6 Å². The number of benzene rings is 1. The molecule has 3 aliphatic rings. The fourth-order valence-corrected chi connectivity index (χ4v) is 8.39. The van der Waals surface area contributed by atoms with Crippen LogP contribution in [0.2, 0.25) is 0 Å². The van der Waals surface area contributed by atoms with E-state index in [1.54, 1.807) is 34.6 Å². The van der Waals surface area contributed by atoms with Crippen LogP contribution in [0.4, 0.5) is 20.3 Å². The molecule has 8 rings (SSSR count). The van der Waals surface area contributed by atoms with Gasteiger partial charge in [-0.25, -0.2) is 23.5 Å². The Bertz CT molecular complexity index is 2370. The van der Waals surface area contributed by atoms with Crippen LogP contribution in [0.15, 0.2) is 58.2 Å². The summed E-state index contributed by atoms with van der Waals surface area (Å²) < 4.78 is 38.6. The summed E-state index contributed by atoms with van der Waals surface area (Å²) in [5, 5.41) is 12.5. The van der Waals surface area contributed by atoms with Crippen LogP contribution in [-0.2, 0) is 23.1 Å². The summed E-state index contributed by atoms with van der Waals surface area (Å²) in [5.74, 6) is 0.564. The van der Waals surface area contributed by atoms with Crippen molar-refractivity contribution in [3.8, 4) is 11.5 Å². The highest BCUT2D eigenvalue weighted by Crippen LogP contribution is 2.36. The molecule has 17 heteroatoms. The largest absolute Gasteiger partial charge is 0.444 e. The van der Waals surface area contributed by atoms with E-state index in [0.717, 1.165) is 69.2 Å². The van der Waals surface area contributed by atoms with Gasteiger partial charge in [-0.05, 0) is 107 Å². The van der Waals surface area contributed by atoms with Crippen molar-refractivity contribution in [2.75, 3.05) is 37.3 Å². The zero-order valence-electron chi connectivity index (χ0n) is 32.6. The van der Waals surface area contributed by atoms with E-state index in [4.69, 9.17) is 4.42 Å². The zero-order valence-corrected chi connectivity index (χ0v) is 32.6. The molecule has 5 heterocycles. The molecule has 5 aromatic rings. The maximum atomic E-state index is 14.2. The lowest BCUT2D eigenvalue weighted by molar-refractivity contribution is -0.135. The molecule has 15 nitrogen and oxygen atoms in total. The van der Waals surface area contributed by atoms with Crippen molar-refractivity contribution in [2.45, 2.75) is 82.7 Å². The number of piperidine rings is 1. The van der Waals surface area contributed by atoms with Gasteiger partial charge in [-0.2, -0.15) is 5.10 Å². The van der Waals surface area contributed by atoms with E-state index in [2.05, 4.69) is 43.0 Å². The number of aryl methyl sites for hydroxylation is 2. The average Bonchev–Trinajstić information content (AvgIpc) is 3.61. The lowest BCUT2D eigenvalue weighted by Crippen LogP contribution is -2.44. The Kier molecular flexibility index (Phi) is 11.2. The van der Waals surface area contributed by atoms with Gasteiger partial charge in [0.25, 0.3) is 12.3 Å². The molecule has 4 aromatic heterocycles. The Morgan fingerprint density at radius 2 is 1.86 bits per heavy atom. The lowest BCUT2D eigenvalue weighted by atomic mass is 9.86. The maximum absolute atomic E-state index is 14.2. The van der Waals surface area contributed by atoms with Gasteiger partial charge >= 0.3 is 5.69 Å². The number of para-hydroxylation sites is 1. The van der Waals surface area contributed by atoms with E-state index in [0.29, 0.717) is 28.7 Å². The first-order valence-electron chi connectivity index (χ1n) is 20.1.